The van der Waals surface area contributed by atoms with E-state index in [0.717, 1.165) is 6.42 Å². The molecule has 1 rings (SSSR count). The minimum Gasteiger partial charge on any atom is -0.383 e. The van der Waals surface area contributed by atoms with Crippen molar-refractivity contribution < 1.29 is 9.53 Å². The first-order valence-corrected chi connectivity index (χ1v) is 7.46. The number of rotatable bonds is 8. The quantitative estimate of drug-likeness (QED) is 0.724. The lowest BCUT2D eigenvalue weighted by Gasteiger charge is -2.27. The third kappa shape index (κ3) is 7.83. The van der Waals surface area contributed by atoms with Gasteiger partial charge in [-0.1, -0.05) is 51.1 Å². The normalized spacial score (nSPS) is 13.0. The Morgan fingerprint density at radius 2 is 1.90 bits per heavy atom. The first-order valence-electron chi connectivity index (χ1n) is 7.46. The van der Waals surface area contributed by atoms with Gasteiger partial charge in [0.05, 0.1) is 13.2 Å². The fourth-order valence-corrected chi connectivity index (χ4v) is 2.18. The van der Waals surface area contributed by atoms with Crippen molar-refractivity contribution in [1.82, 2.24) is 10.6 Å². The average molecular weight is 292 g/mol. The fourth-order valence-electron chi connectivity index (χ4n) is 2.18. The van der Waals surface area contributed by atoms with Crippen LogP contribution in [0.4, 0.5) is 0 Å². The zero-order chi connectivity index (χ0) is 15.7. The third-order valence-electron chi connectivity index (χ3n) is 3.16. The van der Waals surface area contributed by atoms with E-state index in [0.29, 0.717) is 19.7 Å². The second kappa shape index (κ2) is 8.80. The summed E-state index contributed by atoms with van der Waals surface area (Å²) in [5.41, 5.74) is 1.41. The largest absolute Gasteiger partial charge is 0.383 e. The Bertz CT molecular complexity index is 413. The molecule has 118 valence electrons. The van der Waals surface area contributed by atoms with Gasteiger partial charge in [-0.05, 0) is 17.4 Å². The highest BCUT2D eigenvalue weighted by atomic mass is 16.5. The number of amides is 1. The average Bonchev–Trinajstić information content (AvgIpc) is 2.43. The van der Waals surface area contributed by atoms with Gasteiger partial charge in [-0.25, -0.2) is 0 Å². The summed E-state index contributed by atoms with van der Waals surface area (Å²) in [5.74, 6) is 0.00175. The molecule has 21 heavy (non-hydrogen) atoms. The minimum atomic E-state index is 0.00175. The lowest BCUT2D eigenvalue weighted by molar-refractivity contribution is -0.120. The first-order chi connectivity index (χ1) is 9.92. The van der Waals surface area contributed by atoms with Gasteiger partial charge in [0.2, 0.25) is 5.91 Å². The maximum atomic E-state index is 11.8. The standard InChI is InChI=1S/C17H28N2O2/c1-17(2,3)12-15(14-8-6-5-7-9-14)19-13-16(20)18-10-11-21-4/h5-9,15,19H,10-13H2,1-4H3,(H,18,20). The van der Waals surface area contributed by atoms with Crippen LogP contribution in [0.15, 0.2) is 30.3 Å². The van der Waals surface area contributed by atoms with E-state index in [9.17, 15) is 4.79 Å². The number of carbonyl (C=O) groups is 1. The second-order valence-electron chi connectivity index (χ2n) is 6.45. The second-order valence-corrected chi connectivity index (χ2v) is 6.45. The lowest BCUT2D eigenvalue weighted by atomic mass is 9.85. The Kier molecular flexibility index (Phi) is 7.40. The van der Waals surface area contributed by atoms with E-state index < -0.39 is 0 Å². The smallest absolute Gasteiger partial charge is 0.234 e. The third-order valence-corrected chi connectivity index (χ3v) is 3.16. The van der Waals surface area contributed by atoms with E-state index in [1.54, 1.807) is 7.11 Å². The van der Waals surface area contributed by atoms with Gasteiger partial charge < -0.3 is 15.4 Å². The number of carbonyl (C=O) groups excluding carboxylic acids is 1. The molecule has 0 aliphatic rings. The molecule has 4 nitrogen and oxygen atoms in total. The molecule has 1 unspecified atom stereocenters. The molecule has 1 aromatic carbocycles. The van der Waals surface area contributed by atoms with E-state index >= 15 is 0 Å². The van der Waals surface area contributed by atoms with Crippen molar-refractivity contribution in [2.45, 2.75) is 33.2 Å². The Morgan fingerprint density at radius 1 is 1.24 bits per heavy atom. The van der Waals surface area contributed by atoms with Gasteiger partial charge in [0.1, 0.15) is 0 Å². The molecule has 0 saturated carbocycles. The Balaban J connectivity index is 2.56. The van der Waals surface area contributed by atoms with Crippen LogP contribution in [0.2, 0.25) is 0 Å². The van der Waals surface area contributed by atoms with E-state index in [4.69, 9.17) is 4.74 Å². The zero-order valence-corrected chi connectivity index (χ0v) is 13.6. The highest BCUT2D eigenvalue weighted by molar-refractivity contribution is 5.78. The van der Waals surface area contributed by atoms with Crippen LogP contribution in [-0.2, 0) is 9.53 Å². The molecule has 1 amide bonds. The van der Waals surface area contributed by atoms with Crippen molar-refractivity contribution in [1.29, 1.82) is 0 Å². The number of benzene rings is 1. The molecule has 4 heteroatoms. The van der Waals surface area contributed by atoms with Crippen molar-refractivity contribution in [3.05, 3.63) is 35.9 Å². The number of hydrogen-bond acceptors (Lipinski definition) is 3. The van der Waals surface area contributed by atoms with Crippen LogP contribution >= 0.6 is 0 Å². The molecular weight excluding hydrogens is 264 g/mol. The van der Waals surface area contributed by atoms with Gasteiger partial charge in [0, 0.05) is 19.7 Å². The maximum absolute atomic E-state index is 11.8. The van der Waals surface area contributed by atoms with Gasteiger partial charge in [-0.2, -0.15) is 0 Å². The summed E-state index contributed by atoms with van der Waals surface area (Å²) >= 11 is 0. The van der Waals surface area contributed by atoms with Gasteiger partial charge in [0.25, 0.3) is 0 Å². The molecule has 0 bridgehead atoms. The number of methoxy groups -OCH3 is 1. The van der Waals surface area contributed by atoms with Gasteiger partial charge in [-0.15, -0.1) is 0 Å². The summed E-state index contributed by atoms with van der Waals surface area (Å²) in [4.78, 5) is 11.8. The highest BCUT2D eigenvalue weighted by Crippen LogP contribution is 2.29. The number of hydrogen-bond donors (Lipinski definition) is 2. The molecular formula is C17H28N2O2. The summed E-state index contributed by atoms with van der Waals surface area (Å²) in [6.07, 6.45) is 0.975. The number of nitrogens with one attached hydrogen (secondary N) is 2. The van der Waals surface area contributed by atoms with Crippen LogP contribution in [0.5, 0.6) is 0 Å². The zero-order valence-electron chi connectivity index (χ0n) is 13.6. The molecule has 0 heterocycles. The fraction of sp³-hybridized carbons (Fsp3) is 0.588. The number of ether oxygens (including phenoxy) is 1. The summed E-state index contributed by atoms with van der Waals surface area (Å²) in [6.45, 7) is 8.04. The Hall–Kier alpha value is -1.39. The van der Waals surface area contributed by atoms with E-state index in [1.165, 1.54) is 5.56 Å². The van der Waals surface area contributed by atoms with Gasteiger partial charge in [-0.3, -0.25) is 4.79 Å². The minimum absolute atomic E-state index is 0.00175. The van der Waals surface area contributed by atoms with Gasteiger partial charge >= 0.3 is 0 Å². The van der Waals surface area contributed by atoms with Gasteiger partial charge in [0.15, 0.2) is 0 Å². The summed E-state index contributed by atoms with van der Waals surface area (Å²) in [7, 11) is 1.62. The molecule has 0 radical (unpaired) electrons. The van der Waals surface area contributed by atoms with Crippen molar-refractivity contribution in [2.24, 2.45) is 5.41 Å². The van der Waals surface area contributed by atoms with E-state index in [-0.39, 0.29) is 17.4 Å². The molecule has 2 N–H and O–H groups in total. The summed E-state index contributed by atoms with van der Waals surface area (Å²) in [6, 6.07) is 10.5. The van der Waals surface area contributed by atoms with Crippen LogP contribution in [0.1, 0.15) is 38.8 Å². The topological polar surface area (TPSA) is 50.4 Å². The monoisotopic (exact) mass is 292 g/mol. The highest BCUT2D eigenvalue weighted by Gasteiger charge is 2.20. The molecule has 0 spiro atoms. The SMILES string of the molecule is COCCNC(=O)CNC(CC(C)(C)C)c1ccccc1. The molecule has 0 aliphatic carbocycles. The molecule has 1 aromatic rings. The predicted octanol–water partition coefficient (Wildman–Crippen LogP) is 2.52. The molecule has 0 saturated heterocycles. The van der Waals surface area contributed by atoms with Crippen molar-refractivity contribution in [3.8, 4) is 0 Å². The van der Waals surface area contributed by atoms with Crippen LogP contribution in [0.25, 0.3) is 0 Å². The predicted molar refractivity (Wildman–Crippen MR) is 86.1 cm³/mol. The molecule has 1 atom stereocenters. The summed E-state index contributed by atoms with van der Waals surface area (Å²) in [5, 5.41) is 6.19. The summed E-state index contributed by atoms with van der Waals surface area (Å²) < 4.78 is 4.92. The van der Waals surface area contributed by atoms with Crippen molar-refractivity contribution in [3.63, 3.8) is 0 Å². The Morgan fingerprint density at radius 3 is 2.48 bits per heavy atom. The van der Waals surface area contributed by atoms with Crippen LogP contribution in [0.3, 0.4) is 0 Å². The Labute approximate surface area is 128 Å². The van der Waals surface area contributed by atoms with Crippen LogP contribution in [0, 0.1) is 5.41 Å². The first kappa shape index (κ1) is 17.7. The van der Waals surface area contributed by atoms with Crippen LogP contribution < -0.4 is 10.6 Å². The molecule has 0 fully saturated rings. The van der Waals surface area contributed by atoms with E-state index in [1.807, 2.05) is 18.2 Å². The van der Waals surface area contributed by atoms with E-state index in [2.05, 4.69) is 43.5 Å². The molecule has 0 aliphatic heterocycles. The van der Waals surface area contributed by atoms with Crippen molar-refractivity contribution >= 4 is 5.91 Å². The maximum Gasteiger partial charge on any atom is 0.234 e. The lowest BCUT2D eigenvalue weighted by Crippen LogP contribution is -2.38. The van der Waals surface area contributed by atoms with Crippen LogP contribution in [-0.4, -0.2) is 32.7 Å². The van der Waals surface area contributed by atoms with Crippen molar-refractivity contribution in [2.75, 3.05) is 26.8 Å². The molecule has 0 aromatic heterocycles.